The molecule has 2 rings (SSSR count). The molecule has 0 saturated carbocycles. The van der Waals surface area contributed by atoms with Crippen LogP contribution in [0.25, 0.3) is 0 Å². The predicted octanol–water partition coefficient (Wildman–Crippen LogP) is 4.05. The molecule has 0 amide bonds. The molecule has 4 heteroatoms. The second-order valence-electron chi connectivity index (χ2n) is 3.48. The first-order chi connectivity index (χ1) is 8.29. The Kier molecular flexibility index (Phi) is 4.24. The minimum atomic E-state index is 0.378. The average Bonchev–Trinajstić information content (AvgIpc) is 2.38. The standard InChI is InChI=1S/C13H11Cl2NO/c14-8-11-5-3-7-13(16-11)17-9-10-4-1-2-6-12(10)15/h1-7H,8-9H2. The number of pyridine rings is 1. The minimum Gasteiger partial charge on any atom is -0.473 e. The van der Waals surface area contributed by atoms with E-state index in [2.05, 4.69) is 4.98 Å². The maximum Gasteiger partial charge on any atom is 0.213 e. The number of benzene rings is 1. The summed E-state index contributed by atoms with van der Waals surface area (Å²) >= 11 is 11.7. The van der Waals surface area contributed by atoms with E-state index < -0.39 is 0 Å². The molecule has 88 valence electrons. The summed E-state index contributed by atoms with van der Waals surface area (Å²) in [5.74, 6) is 0.937. The van der Waals surface area contributed by atoms with E-state index >= 15 is 0 Å². The van der Waals surface area contributed by atoms with E-state index in [9.17, 15) is 0 Å². The van der Waals surface area contributed by atoms with Gasteiger partial charge in [-0.15, -0.1) is 11.6 Å². The fourth-order valence-electron chi connectivity index (χ4n) is 1.38. The Hall–Kier alpha value is -1.25. The van der Waals surface area contributed by atoms with Gasteiger partial charge >= 0.3 is 0 Å². The van der Waals surface area contributed by atoms with Crippen molar-refractivity contribution in [1.82, 2.24) is 4.98 Å². The van der Waals surface area contributed by atoms with Crippen molar-refractivity contribution < 1.29 is 4.74 Å². The molecule has 17 heavy (non-hydrogen) atoms. The number of rotatable bonds is 4. The van der Waals surface area contributed by atoms with E-state index in [1.165, 1.54) is 0 Å². The summed E-state index contributed by atoms with van der Waals surface area (Å²) in [6, 6.07) is 13.1. The molecule has 0 bridgehead atoms. The van der Waals surface area contributed by atoms with Gasteiger partial charge in [-0.25, -0.2) is 4.98 Å². The molecule has 0 radical (unpaired) electrons. The normalized spacial score (nSPS) is 10.2. The number of hydrogen-bond acceptors (Lipinski definition) is 2. The van der Waals surface area contributed by atoms with Gasteiger partial charge in [0, 0.05) is 16.7 Å². The van der Waals surface area contributed by atoms with Crippen LogP contribution in [0.1, 0.15) is 11.3 Å². The van der Waals surface area contributed by atoms with Gasteiger partial charge in [0.15, 0.2) is 0 Å². The Morgan fingerprint density at radius 1 is 1.06 bits per heavy atom. The molecule has 0 aliphatic rings. The van der Waals surface area contributed by atoms with Crippen molar-refractivity contribution >= 4 is 23.2 Å². The summed E-state index contributed by atoms with van der Waals surface area (Å²) in [5, 5.41) is 0.695. The zero-order valence-corrected chi connectivity index (χ0v) is 10.6. The number of alkyl halides is 1. The second-order valence-corrected chi connectivity index (χ2v) is 4.16. The molecule has 0 N–H and O–H groups in total. The first kappa shape index (κ1) is 12.2. The van der Waals surface area contributed by atoms with E-state index in [0.717, 1.165) is 11.3 Å². The predicted molar refractivity (Wildman–Crippen MR) is 69.6 cm³/mol. The fourth-order valence-corrected chi connectivity index (χ4v) is 1.72. The Balaban J connectivity index is 2.05. The van der Waals surface area contributed by atoms with Crippen molar-refractivity contribution in [3.63, 3.8) is 0 Å². The van der Waals surface area contributed by atoms with Gasteiger partial charge < -0.3 is 4.74 Å². The van der Waals surface area contributed by atoms with Crippen molar-refractivity contribution in [1.29, 1.82) is 0 Å². The van der Waals surface area contributed by atoms with E-state index in [1.54, 1.807) is 6.07 Å². The maximum absolute atomic E-state index is 6.03. The smallest absolute Gasteiger partial charge is 0.213 e. The van der Waals surface area contributed by atoms with Crippen LogP contribution in [0.4, 0.5) is 0 Å². The fraction of sp³-hybridized carbons (Fsp3) is 0.154. The van der Waals surface area contributed by atoms with Gasteiger partial charge in [-0.1, -0.05) is 35.9 Å². The Morgan fingerprint density at radius 3 is 2.65 bits per heavy atom. The van der Waals surface area contributed by atoms with Gasteiger partial charge in [0.05, 0.1) is 11.6 Å². The lowest BCUT2D eigenvalue weighted by molar-refractivity contribution is 0.293. The summed E-state index contributed by atoms with van der Waals surface area (Å²) in [4.78, 5) is 4.24. The molecule has 2 aromatic rings. The van der Waals surface area contributed by atoms with Crippen LogP contribution in [-0.2, 0) is 12.5 Å². The van der Waals surface area contributed by atoms with E-state index in [4.69, 9.17) is 27.9 Å². The first-order valence-electron chi connectivity index (χ1n) is 5.17. The van der Waals surface area contributed by atoms with E-state index in [1.807, 2.05) is 36.4 Å². The number of nitrogens with zero attached hydrogens (tertiary/aromatic N) is 1. The summed E-state index contributed by atoms with van der Waals surface area (Å²) in [6.07, 6.45) is 0. The summed E-state index contributed by atoms with van der Waals surface area (Å²) < 4.78 is 5.56. The lowest BCUT2D eigenvalue weighted by atomic mass is 10.2. The molecule has 0 aliphatic heterocycles. The van der Waals surface area contributed by atoms with Crippen LogP contribution in [-0.4, -0.2) is 4.98 Å². The SMILES string of the molecule is ClCc1cccc(OCc2ccccc2Cl)n1. The van der Waals surface area contributed by atoms with Crippen LogP contribution in [0.15, 0.2) is 42.5 Å². The highest BCUT2D eigenvalue weighted by Gasteiger charge is 2.01. The van der Waals surface area contributed by atoms with Gasteiger partial charge in [0.1, 0.15) is 6.61 Å². The number of ether oxygens (including phenoxy) is 1. The van der Waals surface area contributed by atoms with Crippen LogP contribution in [0.2, 0.25) is 5.02 Å². The van der Waals surface area contributed by atoms with Gasteiger partial charge in [-0.3, -0.25) is 0 Å². The lowest BCUT2D eigenvalue weighted by Crippen LogP contribution is -1.98. The van der Waals surface area contributed by atoms with Crippen molar-refractivity contribution in [3.05, 3.63) is 58.7 Å². The van der Waals surface area contributed by atoms with Crippen LogP contribution >= 0.6 is 23.2 Å². The molecule has 0 spiro atoms. The molecule has 2 nitrogen and oxygen atoms in total. The Morgan fingerprint density at radius 2 is 1.88 bits per heavy atom. The number of halogens is 2. The van der Waals surface area contributed by atoms with Crippen LogP contribution < -0.4 is 4.74 Å². The summed E-state index contributed by atoms with van der Waals surface area (Å²) in [6.45, 7) is 0.401. The molecular weight excluding hydrogens is 257 g/mol. The highest BCUT2D eigenvalue weighted by Crippen LogP contribution is 2.17. The zero-order chi connectivity index (χ0) is 12.1. The van der Waals surface area contributed by atoms with Crippen LogP contribution in [0, 0.1) is 0 Å². The molecule has 1 heterocycles. The lowest BCUT2D eigenvalue weighted by Gasteiger charge is -2.07. The molecule has 0 saturated heterocycles. The second kappa shape index (κ2) is 5.89. The molecule has 1 aromatic carbocycles. The van der Waals surface area contributed by atoms with E-state index in [0.29, 0.717) is 23.4 Å². The van der Waals surface area contributed by atoms with Gasteiger partial charge in [-0.2, -0.15) is 0 Å². The van der Waals surface area contributed by atoms with Crippen LogP contribution in [0.5, 0.6) is 5.88 Å². The van der Waals surface area contributed by atoms with Crippen LogP contribution in [0.3, 0.4) is 0 Å². The molecule has 0 unspecified atom stereocenters. The van der Waals surface area contributed by atoms with E-state index in [-0.39, 0.29) is 0 Å². The summed E-state index contributed by atoms with van der Waals surface area (Å²) in [7, 11) is 0. The molecule has 0 atom stereocenters. The molecule has 1 aromatic heterocycles. The number of hydrogen-bond donors (Lipinski definition) is 0. The molecule has 0 fully saturated rings. The monoisotopic (exact) mass is 267 g/mol. The first-order valence-corrected chi connectivity index (χ1v) is 6.09. The Bertz CT molecular complexity index is 502. The highest BCUT2D eigenvalue weighted by molar-refractivity contribution is 6.31. The van der Waals surface area contributed by atoms with Crippen molar-refractivity contribution in [2.45, 2.75) is 12.5 Å². The zero-order valence-electron chi connectivity index (χ0n) is 9.07. The highest BCUT2D eigenvalue weighted by atomic mass is 35.5. The minimum absolute atomic E-state index is 0.378. The topological polar surface area (TPSA) is 22.1 Å². The van der Waals surface area contributed by atoms with Crippen molar-refractivity contribution in [2.75, 3.05) is 0 Å². The largest absolute Gasteiger partial charge is 0.473 e. The third-order valence-corrected chi connectivity index (χ3v) is 2.89. The van der Waals surface area contributed by atoms with Gasteiger partial charge in [0.2, 0.25) is 5.88 Å². The third kappa shape index (κ3) is 3.35. The van der Waals surface area contributed by atoms with Crippen molar-refractivity contribution in [2.24, 2.45) is 0 Å². The molecular formula is C13H11Cl2NO. The number of aromatic nitrogens is 1. The maximum atomic E-state index is 6.03. The summed E-state index contributed by atoms with van der Waals surface area (Å²) in [5.41, 5.74) is 1.73. The average molecular weight is 268 g/mol. The third-order valence-electron chi connectivity index (χ3n) is 2.25. The quantitative estimate of drug-likeness (QED) is 0.780. The molecule has 0 aliphatic carbocycles. The van der Waals surface area contributed by atoms with Gasteiger partial charge in [-0.05, 0) is 12.1 Å². The van der Waals surface area contributed by atoms with Crippen molar-refractivity contribution in [3.8, 4) is 5.88 Å². The van der Waals surface area contributed by atoms with Gasteiger partial charge in [0.25, 0.3) is 0 Å². The Labute approximate surface area is 110 Å².